The largest absolute Gasteiger partial charge is 0.340 e. The average Bonchev–Trinajstić information content (AvgIpc) is 2.89. The van der Waals surface area contributed by atoms with Gasteiger partial charge in [-0.1, -0.05) is 12.1 Å². The molecule has 0 atom stereocenters. The van der Waals surface area contributed by atoms with Gasteiger partial charge in [-0.15, -0.1) is 11.8 Å². The van der Waals surface area contributed by atoms with Crippen molar-refractivity contribution in [3.63, 3.8) is 0 Å². The summed E-state index contributed by atoms with van der Waals surface area (Å²) in [6.07, 6.45) is 3.97. The van der Waals surface area contributed by atoms with Crippen molar-refractivity contribution in [1.82, 2.24) is 15.3 Å². The number of imidazole rings is 1. The van der Waals surface area contributed by atoms with Gasteiger partial charge in [0.2, 0.25) is 0 Å². The summed E-state index contributed by atoms with van der Waals surface area (Å²) in [5, 5.41) is 3.24. The normalized spacial score (nSPS) is 11.8. The van der Waals surface area contributed by atoms with E-state index in [1.165, 1.54) is 10.5 Å². The first-order chi connectivity index (χ1) is 8.56. The number of hydrogen-bond acceptors (Lipinski definition) is 3. The van der Waals surface area contributed by atoms with Crippen LogP contribution in [0.25, 0.3) is 11.3 Å². The zero-order valence-electron chi connectivity index (χ0n) is 11.2. The van der Waals surface area contributed by atoms with Gasteiger partial charge in [0.05, 0.1) is 17.4 Å². The Bertz CT molecular complexity index is 514. The van der Waals surface area contributed by atoms with E-state index >= 15 is 0 Å². The van der Waals surface area contributed by atoms with E-state index in [-0.39, 0.29) is 5.54 Å². The van der Waals surface area contributed by atoms with Crippen LogP contribution in [0.15, 0.2) is 35.4 Å². The number of hydrogen-bond donors (Lipinski definition) is 2. The lowest BCUT2D eigenvalue weighted by Crippen LogP contribution is -2.34. The minimum atomic E-state index is -0.141. The second-order valence-electron chi connectivity index (χ2n) is 4.75. The number of rotatable bonds is 4. The van der Waals surface area contributed by atoms with Gasteiger partial charge in [-0.25, -0.2) is 4.98 Å². The zero-order valence-corrected chi connectivity index (χ0v) is 12.1. The van der Waals surface area contributed by atoms with Crippen molar-refractivity contribution in [2.24, 2.45) is 0 Å². The molecule has 3 nitrogen and oxygen atoms in total. The highest BCUT2D eigenvalue weighted by atomic mass is 32.2. The first kappa shape index (κ1) is 13.2. The Balaban J connectivity index is 2.29. The van der Waals surface area contributed by atoms with Crippen molar-refractivity contribution in [2.75, 3.05) is 13.3 Å². The van der Waals surface area contributed by atoms with Gasteiger partial charge in [0, 0.05) is 4.90 Å². The van der Waals surface area contributed by atoms with Crippen LogP contribution in [0.5, 0.6) is 0 Å². The van der Waals surface area contributed by atoms with Crippen LogP contribution >= 0.6 is 11.8 Å². The van der Waals surface area contributed by atoms with Gasteiger partial charge >= 0.3 is 0 Å². The molecule has 2 rings (SSSR count). The molecule has 2 aromatic rings. The molecule has 0 radical (unpaired) electrons. The molecule has 0 aliphatic rings. The Morgan fingerprint density at radius 1 is 1.22 bits per heavy atom. The van der Waals surface area contributed by atoms with E-state index in [1.807, 2.05) is 13.2 Å². The van der Waals surface area contributed by atoms with Gasteiger partial charge in [0.25, 0.3) is 0 Å². The summed E-state index contributed by atoms with van der Waals surface area (Å²) in [6, 6.07) is 8.50. The third kappa shape index (κ3) is 2.60. The molecule has 0 aliphatic carbocycles. The van der Waals surface area contributed by atoms with E-state index < -0.39 is 0 Å². The van der Waals surface area contributed by atoms with E-state index in [1.54, 1.807) is 11.8 Å². The predicted molar refractivity (Wildman–Crippen MR) is 77.9 cm³/mol. The van der Waals surface area contributed by atoms with Crippen LogP contribution in [0.1, 0.15) is 19.7 Å². The third-order valence-corrected chi connectivity index (χ3v) is 3.94. The van der Waals surface area contributed by atoms with E-state index in [2.05, 4.69) is 59.7 Å². The molecule has 1 heterocycles. The van der Waals surface area contributed by atoms with E-state index in [0.29, 0.717) is 0 Å². The van der Waals surface area contributed by atoms with E-state index in [0.717, 1.165) is 11.5 Å². The maximum atomic E-state index is 4.45. The molecule has 0 amide bonds. The number of nitrogens with zero attached hydrogens (tertiary/aromatic N) is 1. The van der Waals surface area contributed by atoms with Crippen LogP contribution in [-0.2, 0) is 5.54 Å². The number of thioether (sulfide) groups is 1. The maximum Gasteiger partial charge on any atom is 0.126 e. The van der Waals surface area contributed by atoms with Crippen LogP contribution in [0.3, 0.4) is 0 Å². The van der Waals surface area contributed by atoms with Crippen LogP contribution in [0.4, 0.5) is 0 Å². The first-order valence-corrected chi connectivity index (χ1v) is 7.18. The molecule has 0 unspecified atom stereocenters. The number of nitrogens with one attached hydrogen (secondary N) is 2. The molecule has 96 valence electrons. The number of aromatic nitrogens is 2. The minimum Gasteiger partial charge on any atom is -0.340 e. The zero-order chi connectivity index (χ0) is 13.2. The lowest BCUT2D eigenvalue weighted by atomic mass is 10.1. The molecule has 0 aliphatic heterocycles. The van der Waals surface area contributed by atoms with Gasteiger partial charge < -0.3 is 10.3 Å². The van der Waals surface area contributed by atoms with Gasteiger partial charge in [-0.2, -0.15) is 0 Å². The maximum absolute atomic E-state index is 4.45. The van der Waals surface area contributed by atoms with Gasteiger partial charge in [-0.3, -0.25) is 0 Å². The van der Waals surface area contributed by atoms with Crippen molar-refractivity contribution in [3.8, 4) is 11.3 Å². The average molecular weight is 261 g/mol. The number of benzene rings is 1. The lowest BCUT2D eigenvalue weighted by molar-refractivity contribution is 0.421. The summed E-state index contributed by atoms with van der Waals surface area (Å²) in [5.74, 6) is 0.953. The Morgan fingerprint density at radius 3 is 2.44 bits per heavy atom. The highest BCUT2D eigenvalue weighted by Crippen LogP contribution is 2.24. The molecule has 0 spiro atoms. The molecule has 0 bridgehead atoms. The van der Waals surface area contributed by atoms with Crippen LogP contribution in [0, 0.1) is 0 Å². The fraction of sp³-hybridized carbons (Fsp3) is 0.357. The lowest BCUT2D eigenvalue weighted by Gasteiger charge is -2.20. The standard InChI is InChI=1S/C14H19N3S/c1-14(2,15-3)13-16-9-12(17-13)10-5-7-11(18-4)8-6-10/h5-9,15H,1-4H3,(H,16,17). The second-order valence-corrected chi connectivity index (χ2v) is 5.63. The molecule has 0 saturated heterocycles. The summed E-state index contributed by atoms with van der Waals surface area (Å²) in [7, 11) is 1.94. The van der Waals surface area contributed by atoms with Crippen LogP contribution in [0.2, 0.25) is 0 Å². The quantitative estimate of drug-likeness (QED) is 0.830. The minimum absolute atomic E-state index is 0.141. The second kappa shape index (κ2) is 5.16. The highest BCUT2D eigenvalue weighted by Gasteiger charge is 2.21. The molecule has 0 fully saturated rings. The van der Waals surface area contributed by atoms with Crippen LogP contribution in [-0.4, -0.2) is 23.3 Å². The monoisotopic (exact) mass is 261 g/mol. The van der Waals surface area contributed by atoms with Crippen molar-refractivity contribution >= 4 is 11.8 Å². The van der Waals surface area contributed by atoms with Crippen molar-refractivity contribution in [3.05, 3.63) is 36.3 Å². The summed E-state index contributed by atoms with van der Waals surface area (Å²) >= 11 is 1.75. The van der Waals surface area contributed by atoms with E-state index in [4.69, 9.17) is 0 Å². The molecule has 2 N–H and O–H groups in total. The molecular formula is C14H19N3S. The van der Waals surface area contributed by atoms with E-state index in [9.17, 15) is 0 Å². The molecule has 1 aromatic carbocycles. The Morgan fingerprint density at radius 2 is 1.89 bits per heavy atom. The van der Waals surface area contributed by atoms with Gasteiger partial charge in [0.1, 0.15) is 5.82 Å². The highest BCUT2D eigenvalue weighted by molar-refractivity contribution is 7.98. The fourth-order valence-electron chi connectivity index (χ4n) is 1.67. The Hall–Kier alpha value is -1.26. The molecule has 18 heavy (non-hydrogen) atoms. The summed E-state index contributed by atoms with van der Waals surface area (Å²) in [5.41, 5.74) is 2.08. The topological polar surface area (TPSA) is 40.7 Å². The van der Waals surface area contributed by atoms with Gasteiger partial charge in [0.15, 0.2) is 0 Å². The summed E-state index contributed by atoms with van der Waals surface area (Å²) in [4.78, 5) is 9.10. The van der Waals surface area contributed by atoms with Gasteiger partial charge in [-0.05, 0) is 44.8 Å². The fourth-order valence-corrected chi connectivity index (χ4v) is 2.08. The molecule has 0 saturated carbocycles. The van der Waals surface area contributed by atoms with Crippen molar-refractivity contribution in [2.45, 2.75) is 24.3 Å². The SMILES string of the molecule is CNC(C)(C)c1ncc(-c2ccc(SC)cc2)[nH]1. The number of H-pyrrole nitrogens is 1. The Kier molecular flexibility index (Phi) is 3.78. The van der Waals surface area contributed by atoms with Crippen LogP contribution < -0.4 is 5.32 Å². The third-order valence-electron chi connectivity index (χ3n) is 3.19. The number of aromatic amines is 1. The first-order valence-electron chi connectivity index (χ1n) is 5.95. The summed E-state index contributed by atoms with van der Waals surface area (Å²) < 4.78 is 0. The summed E-state index contributed by atoms with van der Waals surface area (Å²) in [6.45, 7) is 4.21. The van der Waals surface area contributed by atoms with Crippen molar-refractivity contribution in [1.29, 1.82) is 0 Å². The molecule has 4 heteroatoms. The predicted octanol–water partition coefficient (Wildman–Crippen LogP) is 3.25. The smallest absolute Gasteiger partial charge is 0.126 e. The molecule has 1 aromatic heterocycles. The molecular weight excluding hydrogens is 242 g/mol. The Labute approximate surface area is 112 Å². The van der Waals surface area contributed by atoms with Crippen molar-refractivity contribution < 1.29 is 0 Å².